The van der Waals surface area contributed by atoms with Gasteiger partial charge in [0.05, 0.1) is 5.01 Å². The topological polar surface area (TPSA) is 24.9 Å². The lowest BCUT2D eigenvalue weighted by atomic mass is 9.99. The molecule has 21 heavy (non-hydrogen) atoms. The van der Waals surface area contributed by atoms with Gasteiger partial charge in [0.1, 0.15) is 0 Å². The van der Waals surface area contributed by atoms with Crippen LogP contribution in [0.4, 0.5) is 0 Å². The standard InChI is InChI=1S/C18H26N2S/c1-4-7-15-8-6-9-16(11-15)17(19-10-5-2)12-18-20-14(3)13-21-18/h6,8-9,11,13,17,19H,4-5,7,10,12H2,1-3H3. The number of benzene rings is 1. The molecular weight excluding hydrogens is 276 g/mol. The van der Waals surface area contributed by atoms with Crippen LogP contribution >= 0.6 is 11.3 Å². The fourth-order valence-electron chi connectivity index (χ4n) is 2.55. The summed E-state index contributed by atoms with van der Waals surface area (Å²) < 4.78 is 0. The van der Waals surface area contributed by atoms with Crippen LogP contribution in [-0.2, 0) is 12.8 Å². The first-order valence-electron chi connectivity index (χ1n) is 7.96. The van der Waals surface area contributed by atoms with E-state index in [-0.39, 0.29) is 0 Å². The van der Waals surface area contributed by atoms with Crippen LogP contribution in [0.1, 0.15) is 54.6 Å². The molecule has 2 rings (SSSR count). The summed E-state index contributed by atoms with van der Waals surface area (Å²) in [7, 11) is 0. The van der Waals surface area contributed by atoms with E-state index in [1.807, 2.05) is 0 Å². The van der Waals surface area contributed by atoms with Crippen molar-refractivity contribution in [3.63, 3.8) is 0 Å². The average Bonchev–Trinajstić information content (AvgIpc) is 2.89. The number of hydrogen-bond donors (Lipinski definition) is 1. The molecule has 0 aliphatic carbocycles. The second kappa shape index (κ2) is 8.30. The lowest BCUT2D eigenvalue weighted by Gasteiger charge is -2.19. The normalized spacial score (nSPS) is 12.5. The van der Waals surface area contributed by atoms with Gasteiger partial charge in [-0.05, 0) is 37.4 Å². The lowest BCUT2D eigenvalue weighted by molar-refractivity contribution is 0.527. The zero-order chi connectivity index (χ0) is 15.1. The van der Waals surface area contributed by atoms with Crippen molar-refractivity contribution in [2.45, 2.75) is 52.5 Å². The van der Waals surface area contributed by atoms with E-state index in [4.69, 9.17) is 0 Å². The summed E-state index contributed by atoms with van der Waals surface area (Å²) in [4.78, 5) is 4.62. The number of rotatable bonds is 8. The van der Waals surface area contributed by atoms with Gasteiger partial charge >= 0.3 is 0 Å². The Morgan fingerprint density at radius 1 is 1.24 bits per heavy atom. The molecule has 1 aromatic heterocycles. The summed E-state index contributed by atoms with van der Waals surface area (Å²) in [6, 6.07) is 9.39. The Morgan fingerprint density at radius 3 is 2.76 bits per heavy atom. The molecule has 0 amide bonds. The zero-order valence-corrected chi connectivity index (χ0v) is 14.2. The van der Waals surface area contributed by atoms with Crippen molar-refractivity contribution in [1.29, 1.82) is 0 Å². The highest BCUT2D eigenvalue weighted by Crippen LogP contribution is 2.22. The van der Waals surface area contributed by atoms with E-state index in [9.17, 15) is 0 Å². The number of nitrogens with one attached hydrogen (secondary N) is 1. The van der Waals surface area contributed by atoms with Crippen LogP contribution in [-0.4, -0.2) is 11.5 Å². The van der Waals surface area contributed by atoms with E-state index in [0.717, 1.165) is 31.5 Å². The summed E-state index contributed by atoms with van der Waals surface area (Å²) in [5, 5.41) is 7.04. The minimum atomic E-state index is 0.368. The minimum absolute atomic E-state index is 0.368. The van der Waals surface area contributed by atoms with Crippen molar-refractivity contribution < 1.29 is 0 Å². The lowest BCUT2D eigenvalue weighted by Crippen LogP contribution is -2.24. The van der Waals surface area contributed by atoms with Crippen LogP contribution in [0.2, 0.25) is 0 Å². The number of nitrogens with zero attached hydrogens (tertiary/aromatic N) is 1. The molecule has 1 N–H and O–H groups in total. The molecule has 0 radical (unpaired) electrons. The SMILES string of the molecule is CCCNC(Cc1nc(C)cs1)c1cccc(CCC)c1. The van der Waals surface area contributed by atoms with Gasteiger partial charge in [0, 0.05) is 23.5 Å². The summed E-state index contributed by atoms with van der Waals surface area (Å²) >= 11 is 1.77. The Hall–Kier alpha value is -1.19. The fourth-order valence-corrected chi connectivity index (χ4v) is 3.37. The molecule has 1 heterocycles. The summed E-state index contributed by atoms with van der Waals surface area (Å²) in [5.74, 6) is 0. The Balaban J connectivity index is 2.16. The molecule has 1 atom stereocenters. The zero-order valence-electron chi connectivity index (χ0n) is 13.4. The quantitative estimate of drug-likeness (QED) is 0.765. The first kappa shape index (κ1) is 16.2. The first-order valence-corrected chi connectivity index (χ1v) is 8.84. The van der Waals surface area contributed by atoms with E-state index in [1.165, 1.54) is 22.6 Å². The molecule has 2 aromatic rings. The Morgan fingerprint density at radius 2 is 2.10 bits per heavy atom. The van der Waals surface area contributed by atoms with E-state index < -0.39 is 0 Å². The molecule has 3 heteroatoms. The third-order valence-electron chi connectivity index (χ3n) is 3.58. The third-order valence-corrected chi connectivity index (χ3v) is 4.57. The van der Waals surface area contributed by atoms with Crippen LogP contribution < -0.4 is 5.32 Å². The second-order valence-electron chi connectivity index (χ2n) is 5.59. The maximum atomic E-state index is 4.62. The Labute approximate surface area is 132 Å². The van der Waals surface area contributed by atoms with E-state index in [2.05, 4.69) is 60.7 Å². The number of thiazole rings is 1. The van der Waals surface area contributed by atoms with Gasteiger partial charge in [0.15, 0.2) is 0 Å². The molecule has 0 aliphatic heterocycles. The predicted octanol–water partition coefficient (Wildman–Crippen LogP) is 4.69. The molecule has 0 saturated heterocycles. The van der Waals surface area contributed by atoms with E-state index >= 15 is 0 Å². The van der Waals surface area contributed by atoms with E-state index in [1.54, 1.807) is 11.3 Å². The molecule has 1 unspecified atom stereocenters. The number of aromatic nitrogens is 1. The van der Waals surface area contributed by atoms with Crippen molar-refractivity contribution in [3.8, 4) is 0 Å². The summed E-state index contributed by atoms with van der Waals surface area (Å²) in [6.07, 6.45) is 4.49. The van der Waals surface area contributed by atoms with Crippen LogP contribution in [0.15, 0.2) is 29.6 Å². The summed E-state index contributed by atoms with van der Waals surface area (Å²) in [6.45, 7) is 7.56. The monoisotopic (exact) mass is 302 g/mol. The molecule has 0 spiro atoms. The molecule has 0 fully saturated rings. The predicted molar refractivity (Wildman–Crippen MR) is 92.0 cm³/mol. The largest absolute Gasteiger partial charge is 0.310 e. The highest BCUT2D eigenvalue weighted by molar-refractivity contribution is 7.09. The second-order valence-corrected chi connectivity index (χ2v) is 6.53. The van der Waals surface area contributed by atoms with Crippen LogP contribution in [0.25, 0.3) is 0 Å². The van der Waals surface area contributed by atoms with Gasteiger partial charge in [0.25, 0.3) is 0 Å². The molecule has 0 aliphatic rings. The highest BCUT2D eigenvalue weighted by atomic mass is 32.1. The minimum Gasteiger partial charge on any atom is -0.310 e. The number of aryl methyl sites for hydroxylation is 2. The van der Waals surface area contributed by atoms with Gasteiger partial charge < -0.3 is 5.32 Å². The summed E-state index contributed by atoms with van der Waals surface area (Å²) in [5.41, 5.74) is 3.96. The average molecular weight is 302 g/mol. The fraction of sp³-hybridized carbons (Fsp3) is 0.500. The van der Waals surface area contributed by atoms with Crippen molar-refractivity contribution in [2.24, 2.45) is 0 Å². The smallest absolute Gasteiger partial charge is 0.0947 e. The Bertz CT molecular complexity index is 548. The first-order chi connectivity index (χ1) is 10.2. The third kappa shape index (κ3) is 4.94. The number of hydrogen-bond acceptors (Lipinski definition) is 3. The Kier molecular flexibility index (Phi) is 6.40. The van der Waals surface area contributed by atoms with Gasteiger partial charge in [-0.2, -0.15) is 0 Å². The van der Waals surface area contributed by atoms with E-state index in [0.29, 0.717) is 6.04 Å². The van der Waals surface area contributed by atoms with Gasteiger partial charge in [0.2, 0.25) is 0 Å². The molecular formula is C18H26N2S. The maximum Gasteiger partial charge on any atom is 0.0947 e. The highest BCUT2D eigenvalue weighted by Gasteiger charge is 2.14. The molecule has 2 nitrogen and oxygen atoms in total. The van der Waals surface area contributed by atoms with Crippen LogP contribution in [0.3, 0.4) is 0 Å². The van der Waals surface area contributed by atoms with Gasteiger partial charge in [-0.3, -0.25) is 0 Å². The maximum absolute atomic E-state index is 4.62. The van der Waals surface area contributed by atoms with Gasteiger partial charge in [-0.25, -0.2) is 4.98 Å². The van der Waals surface area contributed by atoms with Crippen LogP contribution in [0.5, 0.6) is 0 Å². The van der Waals surface area contributed by atoms with Gasteiger partial charge in [-0.1, -0.05) is 44.5 Å². The van der Waals surface area contributed by atoms with Crippen molar-refractivity contribution >= 4 is 11.3 Å². The molecule has 0 bridgehead atoms. The molecule has 0 saturated carbocycles. The molecule has 114 valence electrons. The van der Waals surface area contributed by atoms with Crippen molar-refractivity contribution in [2.75, 3.05) is 6.54 Å². The van der Waals surface area contributed by atoms with Crippen molar-refractivity contribution in [1.82, 2.24) is 10.3 Å². The van der Waals surface area contributed by atoms with Gasteiger partial charge in [-0.15, -0.1) is 11.3 Å². The molecule has 1 aromatic carbocycles. The van der Waals surface area contributed by atoms with Crippen LogP contribution in [0, 0.1) is 6.92 Å². The van der Waals surface area contributed by atoms with Crippen molar-refractivity contribution in [3.05, 3.63) is 51.5 Å².